The Labute approximate surface area is 101 Å². The molecule has 0 bridgehead atoms. The summed E-state index contributed by atoms with van der Waals surface area (Å²) in [5.41, 5.74) is -0.895. The predicted molar refractivity (Wildman–Crippen MR) is 66.2 cm³/mol. The van der Waals surface area contributed by atoms with Gasteiger partial charge in [0, 0.05) is 12.6 Å². The minimum absolute atomic E-state index is 0.0804. The summed E-state index contributed by atoms with van der Waals surface area (Å²) in [6.45, 7) is 5.75. The highest BCUT2D eigenvalue weighted by atomic mass is 16.3. The number of rotatable bonds is 5. The second-order valence-corrected chi connectivity index (χ2v) is 4.58. The SMILES string of the molecule is CC(C)[C@@](C)(O)CNC(=O)/C=C/c1ccco1. The molecule has 0 unspecified atom stereocenters. The summed E-state index contributed by atoms with van der Waals surface area (Å²) in [5, 5.41) is 12.6. The van der Waals surface area contributed by atoms with E-state index < -0.39 is 5.60 Å². The van der Waals surface area contributed by atoms with Crippen molar-refractivity contribution in [2.75, 3.05) is 6.54 Å². The first-order chi connectivity index (χ1) is 7.92. The van der Waals surface area contributed by atoms with Crippen LogP contribution in [0.2, 0.25) is 0 Å². The fourth-order valence-electron chi connectivity index (χ4n) is 1.07. The molecule has 2 N–H and O–H groups in total. The molecule has 1 rings (SSSR count). The Bertz CT molecular complexity index is 377. The maximum atomic E-state index is 11.5. The van der Waals surface area contributed by atoms with Gasteiger partial charge in [0.2, 0.25) is 5.91 Å². The van der Waals surface area contributed by atoms with E-state index in [1.54, 1.807) is 31.4 Å². The lowest BCUT2D eigenvalue weighted by molar-refractivity contribution is -0.118. The van der Waals surface area contributed by atoms with Crippen LogP contribution < -0.4 is 5.32 Å². The van der Waals surface area contributed by atoms with E-state index in [2.05, 4.69) is 5.32 Å². The molecule has 0 radical (unpaired) electrons. The molecular weight excluding hydrogens is 218 g/mol. The quantitative estimate of drug-likeness (QED) is 0.768. The maximum Gasteiger partial charge on any atom is 0.244 e. The third-order valence-corrected chi connectivity index (χ3v) is 2.81. The van der Waals surface area contributed by atoms with E-state index in [9.17, 15) is 9.90 Å². The molecule has 1 heterocycles. The second-order valence-electron chi connectivity index (χ2n) is 4.58. The summed E-state index contributed by atoms with van der Waals surface area (Å²) in [4.78, 5) is 11.5. The molecule has 1 aromatic rings. The lowest BCUT2D eigenvalue weighted by atomic mass is 9.92. The van der Waals surface area contributed by atoms with Gasteiger partial charge in [-0.3, -0.25) is 4.79 Å². The molecule has 94 valence electrons. The number of hydrogen-bond acceptors (Lipinski definition) is 3. The average Bonchev–Trinajstić information content (AvgIpc) is 2.76. The van der Waals surface area contributed by atoms with Crippen LogP contribution in [0.3, 0.4) is 0 Å². The highest BCUT2D eigenvalue weighted by Gasteiger charge is 2.24. The van der Waals surface area contributed by atoms with Crippen molar-refractivity contribution in [3.63, 3.8) is 0 Å². The van der Waals surface area contributed by atoms with Crippen LogP contribution >= 0.6 is 0 Å². The molecule has 0 aliphatic carbocycles. The van der Waals surface area contributed by atoms with E-state index in [4.69, 9.17) is 4.42 Å². The molecular formula is C13H19NO3. The van der Waals surface area contributed by atoms with Crippen molar-refractivity contribution in [3.05, 3.63) is 30.2 Å². The van der Waals surface area contributed by atoms with Gasteiger partial charge in [-0.15, -0.1) is 0 Å². The van der Waals surface area contributed by atoms with Crippen LogP contribution in [0.1, 0.15) is 26.5 Å². The third-order valence-electron chi connectivity index (χ3n) is 2.81. The first-order valence-corrected chi connectivity index (χ1v) is 5.63. The number of aliphatic hydroxyl groups is 1. The van der Waals surface area contributed by atoms with Gasteiger partial charge in [-0.2, -0.15) is 0 Å². The summed E-state index contributed by atoms with van der Waals surface area (Å²) in [7, 11) is 0. The zero-order valence-corrected chi connectivity index (χ0v) is 10.4. The summed E-state index contributed by atoms with van der Waals surface area (Å²) in [5.74, 6) is 0.454. The van der Waals surface area contributed by atoms with Crippen molar-refractivity contribution in [2.24, 2.45) is 5.92 Å². The van der Waals surface area contributed by atoms with Crippen molar-refractivity contribution < 1.29 is 14.3 Å². The van der Waals surface area contributed by atoms with Crippen molar-refractivity contribution in [1.29, 1.82) is 0 Å². The fourth-order valence-corrected chi connectivity index (χ4v) is 1.07. The normalized spacial score (nSPS) is 15.1. The monoisotopic (exact) mass is 237 g/mol. The van der Waals surface area contributed by atoms with Gasteiger partial charge < -0.3 is 14.8 Å². The van der Waals surface area contributed by atoms with Crippen molar-refractivity contribution in [2.45, 2.75) is 26.4 Å². The number of furan rings is 1. The Hall–Kier alpha value is -1.55. The molecule has 0 aliphatic rings. The summed E-state index contributed by atoms with van der Waals surface area (Å²) in [6, 6.07) is 3.51. The molecule has 1 amide bonds. The molecule has 0 aliphatic heterocycles. The third kappa shape index (κ3) is 4.44. The lowest BCUT2D eigenvalue weighted by Crippen LogP contribution is -2.43. The van der Waals surface area contributed by atoms with E-state index >= 15 is 0 Å². The second kappa shape index (κ2) is 5.68. The number of amides is 1. The van der Waals surface area contributed by atoms with Crippen LogP contribution in [-0.2, 0) is 4.79 Å². The summed E-state index contributed by atoms with van der Waals surface area (Å²) < 4.78 is 5.05. The van der Waals surface area contributed by atoms with Gasteiger partial charge in [0.25, 0.3) is 0 Å². The van der Waals surface area contributed by atoms with E-state index in [0.29, 0.717) is 5.76 Å². The molecule has 17 heavy (non-hydrogen) atoms. The van der Waals surface area contributed by atoms with E-state index in [-0.39, 0.29) is 18.4 Å². The molecule has 0 spiro atoms. The van der Waals surface area contributed by atoms with Crippen LogP contribution in [0, 0.1) is 5.92 Å². The molecule has 4 heteroatoms. The van der Waals surface area contributed by atoms with Crippen LogP contribution in [0.15, 0.2) is 28.9 Å². The molecule has 0 saturated carbocycles. The highest BCUT2D eigenvalue weighted by molar-refractivity contribution is 5.91. The van der Waals surface area contributed by atoms with E-state index in [0.717, 1.165) is 0 Å². The zero-order valence-electron chi connectivity index (χ0n) is 10.4. The van der Waals surface area contributed by atoms with Gasteiger partial charge >= 0.3 is 0 Å². The Morgan fingerprint density at radius 1 is 1.65 bits per heavy atom. The standard InChI is InChI=1S/C13H19NO3/c1-10(2)13(3,16)9-14-12(15)7-6-11-5-4-8-17-11/h4-8,10,16H,9H2,1-3H3,(H,14,15)/b7-6+/t13-/m0/s1. The van der Waals surface area contributed by atoms with Crippen molar-refractivity contribution in [3.8, 4) is 0 Å². The first-order valence-electron chi connectivity index (χ1n) is 5.63. The fraction of sp³-hybridized carbons (Fsp3) is 0.462. The molecule has 0 fully saturated rings. The number of carbonyl (C=O) groups is 1. The average molecular weight is 237 g/mol. The molecule has 1 atom stereocenters. The largest absolute Gasteiger partial charge is 0.465 e. The topological polar surface area (TPSA) is 62.5 Å². The van der Waals surface area contributed by atoms with Crippen LogP contribution in [0.5, 0.6) is 0 Å². The Kier molecular flexibility index (Phi) is 4.52. The first kappa shape index (κ1) is 13.5. The number of nitrogens with one attached hydrogen (secondary N) is 1. The van der Waals surface area contributed by atoms with Gasteiger partial charge in [-0.05, 0) is 31.1 Å². The minimum Gasteiger partial charge on any atom is -0.465 e. The van der Waals surface area contributed by atoms with E-state index in [1.165, 1.54) is 6.08 Å². The van der Waals surface area contributed by atoms with E-state index in [1.807, 2.05) is 13.8 Å². The van der Waals surface area contributed by atoms with Crippen LogP contribution in [0.25, 0.3) is 6.08 Å². The smallest absolute Gasteiger partial charge is 0.244 e. The Balaban J connectivity index is 2.41. The van der Waals surface area contributed by atoms with Gasteiger partial charge in [-0.25, -0.2) is 0 Å². The summed E-state index contributed by atoms with van der Waals surface area (Å²) >= 11 is 0. The highest BCUT2D eigenvalue weighted by Crippen LogP contribution is 2.14. The number of carbonyl (C=O) groups excluding carboxylic acids is 1. The minimum atomic E-state index is -0.895. The van der Waals surface area contributed by atoms with Crippen molar-refractivity contribution >= 4 is 12.0 Å². The Morgan fingerprint density at radius 2 is 2.35 bits per heavy atom. The van der Waals surface area contributed by atoms with Crippen LogP contribution in [0.4, 0.5) is 0 Å². The zero-order chi connectivity index (χ0) is 12.9. The molecule has 0 aromatic carbocycles. The lowest BCUT2D eigenvalue weighted by Gasteiger charge is -2.27. The predicted octanol–water partition coefficient (Wildman–Crippen LogP) is 1.82. The molecule has 0 saturated heterocycles. The molecule has 4 nitrogen and oxygen atoms in total. The Morgan fingerprint density at radius 3 is 2.88 bits per heavy atom. The van der Waals surface area contributed by atoms with Crippen LogP contribution in [-0.4, -0.2) is 23.2 Å². The van der Waals surface area contributed by atoms with Gasteiger partial charge in [0.1, 0.15) is 5.76 Å². The van der Waals surface area contributed by atoms with Crippen molar-refractivity contribution in [1.82, 2.24) is 5.32 Å². The molecule has 1 aromatic heterocycles. The summed E-state index contributed by atoms with van der Waals surface area (Å²) in [6.07, 6.45) is 4.51. The number of hydrogen-bond donors (Lipinski definition) is 2. The van der Waals surface area contributed by atoms with Gasteiger partial charge in [0.05, 0.1) is 11.9 Å². The van der Waals surface area contributed by atoms with Gasteiger partial charge in [-0.1, -0.05) is 13.8 Å². The maximum absolute atomic E-state index is 11.5. The van der Waals surface area contributed by atoms with Gasteiger partial charge in [0.15, 0.2) is 0 Å².